The van der Waals surface area contributed by atoms with Gasteiger partial charge in [0, 0.05) is 16.7 Å². The van der Waals surface area contributed by atoms with Gasteiger partial charge in [0.15, 0.2) is 0 Å². The normalized spacial score (nSPS) is 14.1. The smallest absolute Gasteiger partial charge is 0.124 e. The van der Waals surface area contributed by atoms with Gasteiger partial charge < -0.3 is 5.11 Å². The average Bonchev–Trinajstić information content (AvgIpc) is 2.90. The van der Waals surface area contributed by atoms with Crippen molar-refractivity contribution in [3.05, 3.63) is 89.0 Å². The molecule has 1 aliphatic carbocycles. The molecule has 0 saturated heterocycles. The maximum absolute atomic E-state index is 9.81. The highest BCUT2D eigenvalue weighted by atomic mass is 16.3. The zero-order valence-corrected chi connectivity index (χ0v) is 13.3. The van der Waals surface area contributed by atoms with Crippen LogP contribution in [0.3, 0.4) is 0 Å². The Balaban J connectivity index is 1.80. The molecule has 0 unspecified atom stereocenters. The summed E-state index contributed by atoms with van der Waals surface area (Å²) in [5, 5.41) is 18.5. The van der Waals surface area contributed by atoms with E-state index in [1.807, 2.05) is 18.2 Å². The number of hydrogen-bond donors (Lipinski definition) is 1. The van der Waals surface area contributed by atoms with Crippen molar-refractivity contribution in [1.29, 1.82) is 0 Å². The summed E-state index contributed by atoms with van der Waals surface area (Å²) in [7, 11) is 0. The van der Waals surface area contributed by atoms with Crippen LogP contribution in [0.4, 0.5) is 0 Å². The van der Waals surface area contributed by atoms with Gasteiger partial charge in [0.2, 0.25) is 0 Å². The number of nitrogens with zero attached hydrogens (tertiary/aromatic N) is 2. The molecule has 0 radical (unpaired) electrons. The molecule has 3 aromatic carbocycles. The third-order valence-corrected chi connectivity index (χ3v) is 4.19. The van der Waals surface area contributed by atoms with Gasteiger partial charge in [-0.25, -0.2) is 0 Å². The lowest BCUT2D eigenvalue weighted by Gasteiger charge is -2.01. The van der Waals surface area contributed by atoms with E-state index in [2.05, 4.69) is 47.5 Å². The van der Waals surface area contributed by atoms with Crippen LogP contribution in [0.25, 0.3) is 11.1 Å². The molecule has 3 aromatic rings. The highest BCUT2D eigenvalue weighted by Gasteiger charge is 2.24. The van der Waals surface area contributed by atoms with Crippen molar-refractivity contribution in [2.75, 3.05) is 0 Å². The monoisotopic (exact) mass is 312 g/mol. The van der Waals surface area contributed by atoms with E-state index in [0.717, 1.165) is 16.8 Å². The largest absolute Gasteiger partial charge is 0.507 e. The SMILES string of the molecule is Cc1ccc2c(c1)-c1ccccc1/C2=N/N=C/c1ccccc1O. The summed E-state index contributed by atoms with van der Waals surface area (Å²) >= 11 is 0. The Kier molecular flexibility index (Phi) is 3.47. The van der Waals surface area contributed by atoms with E-state index in [4.69, 9.17) is 0 Å². The van der Waals surface area contributed by atoms with Gasteiger partial charge in [-0.2, -0.15) is 5.10 Å². The van der Waals surface area contributed by atoms with Crippen LogP contribution in [0.15, 0.2) is 76.9 Å². The van der Waals surface area contributed by atoms with Crippen LogP contribution in [0, 0.1) is 6.92 Å². The highest BCUT2D eigenvalue weighted by Crippen LogP contribution is 2.37. The van der Waals surface area contributed by atoms with Crippen LogP contribution in [0.2, 0.25) is 0 Å². The van der Waals surface area contributed by atoms with Gasteiger partial charge in [0.25, 0.3) is 0 Å². The summed E-state index contributed by atoms with van der Waals surface area (Å²) < 4.78 is 0. The minimum atomic E-state index is 0.198. The zero-order valence-electron chi connectivity index (χ0n) is 13.3. The van der Waals surface area contributed by atoms with E-state index in [1.54, 1.807) is 24.4 Å². The zero-order chi connectivity index (χ0) is 16.5. The summed E-state index contributed by atoms with van der Waals surface area (Å²) in [6, 6.07) is 21.7. The topological polar surface area (TPSA) is 45.0 Å². The molecular weight excluding hydrogens is 296 g/mol. The Morgan fingerprint density at radius 2 is 1.50 bits per heavy atom. The number of benzene rings is 3. The fourth-order valence-electron chi connectivity index (χ4n) is 3.01. The Morgan fingerprint density at radius 3 is 2.33 bits per heavy atom. The standard InChI is InChI=1S/C21H16N2O/c1-14-10-11-18-19(12-14)16-7-3-4-8-17(16)21(18)23-22-13-15-6-2-5-9-20(15)24/h2-13,24H,1H3/b22-13+,23-21-. The molecule has 0 atom stereocenters. The second-order valence-corrected chi connectivity index (χ2v) is 5.85. The molecule has 116 valence electrons. The van der Waals surface area contributed by atoms with E-state index in [1.165, 1.54) is 16.7 Å². The molecule has 1 aliphatic rings. The number of hydrogen-bond acceptors (Lipinski definition) is 3. The molecule has 0 fully saturated rings. The van der Waals surface area contributed by atoms with Gasteiger partial charge in [-0.15, -0.1) is 5.10 Å². The van der Waals surface area contributed by atoms with Gasteiger partial charge >= 0.3 is 0 Å². The third-order valence-electron chi connectivity index (χ3n) is 4.19. The van der Waals surface area contributed by atoms with Gasteiger partial charge in [0.05, 0.1) is 6.21 Å². The number of phenolic OH excluding ortho intramolecular Hbond substituents is 1. The Morgan fingerprint density at radius 1 is 0.792 bits per heavy atom. The number of aryl methyl sites for hydroxylation is 1. The Bertz CT molecular complexity index is 987. The van der Waals surface area contributed by atoms with Crippen molar-refractivity contribution >= 4 is 11.9 Å². The molecule has 24 heavy (non-hydrogen) atoms. The van der Waals surface area contributed by atoms with Crippen molar-refractivity contribution in [2.24, 2.45) is 10.2 Å². The number of aromatic hydroxyl groups is 1. The maximum Gasteiger partial charge on any atom is 0.124 e. The molecule has 0 aromatic heterocycles. The van der Waals surface area contributed by atoms with E-state index < -0.39 is 0 Å². The predicted octanol–water partition coefficient (Wildman–Crippen LogP) is 4.55. The number of phenols is 1. The molecule has 0 aliphatic heterocycles. The molecule has 1 N–H and O–H groups in total. The molecule has 0 heterocycles. The van der Waals surface area contributed by atoms with Gasteiger partial charge in [-0.3, -0.25) is 0 Å². The summed E-state index contributed by atoms with van der Waals surface area (Å²) in [6.45, 7) is 2.09. The van der Waals surface area contributed by atoms with E-state index in [9.17, 15) is 5.11 Å². The van der Waals surface area contributed by atoms with Crippen molar-refractivity contribution in [3.8, 4) is 16.9 Å². The summed E-state index contributed by atoms with van der Waals surface area (Å²) in [4.78, 5) is 0. The van der Waals surface area contributed by atoms with Gasteiger partial charge in [0.1, 0.15) is 11.5 Å². The predicted molar refractivity (Wildman–Crippen MR) is 98.0 cm³/mol. The van der Waals surface area contributed by atoms with Gasteiger partial charge in [-0.05, 0) is 30.2 Å². The van der Waals surface area contributed by atoms with Crippen LogP contribution in [0.1, 0.15) is 22.3 Å². The Hall–Kier alpha value is -3.20. The molecule has 0 spiro atoms. The fourth-order valence-corrected chi connectivity index (χ4v) is 3.01. The molecule has 3 heteroatoms. The summed E-state index contributed by atoms with van der Waals surface area (Å²) in [5.41, 5.74) is 7.31. The lowest BCUT2D eigenvalue weighted by molar-refractivity contribution is 0.474. The summed E-state index contributed by atoms with van der Waals surface area (Å²) in [6.07, 6.45) is 1.58. The van der Waals surface area contributed by atoms with Crippen LogP contribution in [-0.2, 0) is 0 Å². The minimum absolute atomic E-state index is 0.198. The molecule has 4 rings (SSSR count). The Labute approximate surface area is 140 Å². The first-order valence-electron chi connectivity index (χ1n) is 7.84. The van der Waals surface area contributed by atoms with Gasteiger partial charge in [-0.1, -0.05) is 60.2 Å². The lowest BCUT2D eigenvalue weighted by Crippen LogP contribution is -1.97. The van der Waals surface area contributed by atoms with Crippen LogP contribution in [-0.4, -0.2) is 17.0 Å². The van der Waals surface area contributed by atoms with Crippen LogP contribution < -0.4 is 0 Å². The fraction of sp³-hybridized carbons (Fsp3) is 0.0476. The average molecular weight is 312 g/mol. The lowest BCUT2D eigenvalue weighted by atomic mass is 10.0. The molecule has 0 bridgehead atoms. The van der Waals surface area contributed by atoms with Crippen molar-refractivity contribution < 1.29 is 5.11 Å². The van der Waals surface area contributed by atoms with E-state index in [-0.39, 0.29) is 5.75 Å². The second kappa shape index (κ2) is 5.78. The van der Waals surface area contributed by atoms with E-state index >= 15 is 0 Å². The molecule has 0 saturated carbocycles. The third kappa shape index (κ3) is 2.40. The first-order valence-corrected chi connectivity index (χ1v) is 7.84. The van der Waals surface area contributed by atoms with Crippen LogP contribution in [0.5, 0.6) is 5.75 Å². The van der Waals surface area contributed by atoms with Crippen LogP contribution >= 0.6 is 0 Å². The number of fused-ring (bicyclic) bond motifs is 3. The first-order chi connectivity index (χ1) is 11.7. The minimum Gasteiger partial charge on any atom is -0.507 e. The number of rotatable bonds is 2. The highest BCUT2D eigenvalue weighted by molar-refractivity contribution is 6.24. The second-order valence-electron chi connectivity index (χ2n) is 5.85. The number of para-hydroxylation sites is 1. The molecular formula is C21H16N2O. The molecule has 0 amide bonds. The van der Waals surface area contributed by atoms with Crippen molar-refractivity contribution in [3.63, 3.8) is 0 Å². The van der Waals surface area contributed by atoms with Crippen molar-refractivity contribution in [2.45, 2.75) is 6.92 Å². The van der Waals surface area contributed by atoms with Crippen molar-refractivity contribution in [1.82, 2.24) is 0 Å². The maximum atomic E-state index is 9.81. The quantitative estimate of drug-likeness (QED) is 0.428. The molecule has 3 nitrogen and oxygen atoms in total. The van der Waals surface area contributed by atoms with E-state index in [0.29, 0.717) is 5.56 Å². The summed E-state index contributed by atoms with van der Waals surface area (Å²) in [5.74, 6) is 0.198. The first kappa shape index (κ1) is 14.4.